The fourth-order valence-electron chi connectivity index (χ4n) is 6.86. The molecule has 8 nitrogen and oxygen atoms in total. The Hall–Kier alpha value is -3.20. The Morgan fingerprint density at radius 1 is 0.953 bits per heavy atom. The van der Waals surface area contributed by atoms with Crippen LogP contribution in [0.1, 0.15) is 84.1 Å². The Morgan fingerprint density at radius 2 is 1.65 bits per heavy atom. The Labute approximate surface area is 260 Å². The average Bonchev–Trinajstić information content (AvgIpc) is 3.51. The average molecular weight is 606 g/mol. The van der Waals surface area contributed by atoms with E-state index in [9.17, 15) is 14.4 Å². The number of hydrogen-bond acceptors (Lipinski definition) is 5. The summed E-state index contributed by atoms with van der Waals surface area (Å²) in [6.45, 7) is 10.6. The van der Waals surface area contributed by atoms with Crippen LogP contribution in [0, 0.1) is 5.41 Å². The molecule has 2 unspecified atom stereocenters. The van der Waals surface area contributed by atoms with Crippen molar-refractivity contribution in [2.24, 2.45) is 5.41 Å². The van der Waals surface area contributed by atoms with Gasteiger partial charge in [0, 0.05) is 57.9 Å². The number of H-pyrrole nitrogens is 1. The second-order valence-electron chi connectivity index (χ2n) is 13.6. The van der Waals surface area contributed by atoms with Crippen molar-refractivity contribution in [1.29, 1.82) is 0 Å². The van der Waals surface area contributed by atoms with Gasteiger partial charge in [-0.05, 0) is 62.1 Å². The lowest BCUT2D eigenvalue weighted by Crippen LogP contribution is -2.42. The summed E-state index contributed by atoms with van der Waals surface area (Å²) in [5, 5.41) is -0.480. The number of carbonyl (C=O) groups excluding carboxylic acids is 2. The lowest BCUT2D eigenvalue weighted by Gasteiger charge is -2.34. The number of nitrogens with one attached hydrogen (secondary N) is 1. The Bertz CT molecular complexity index is 1520. The van der Waals surface area contributed by atoms with E-state index >= 15 is 0 Å². The second kappa shape index (κ2) is 12.4. The smallest absolute Gasteiger partial charge is 0.326 e. The molecule has 43 heavy (non-hydrogen) atoms. The zero-order valence-corrected chi connectivity index (χ0v) is 26.6. The maximum Gasteiger partial charge on any atom is 0.326 e. The molecule has 3 aromatic rings. The van der Waals surface area contributed by atoms with E-state index in [2.05, 4.69) is 54.9 Å². The second-order valence-corrected chi connectivity index (χ2v) is 14.8. The van der Waals surface area contributed by atoms with Crippen LogP contribution in [-0.2, 0) is 9.59 Å². The van der Waals surface area contributed by atoms with Crippen LogP contribution in [0.25, 0.3) is 11.0 Å². The molecule has 232 valence electrons. The first-order chi connectivity index (χ1) is 20.7. The number of aromatic amines is 1. The van der Waals surface area contributed by atoms with E-state index in [4.69, 9.17) is 0 Å². The monoisotopic (exact) mass is 605 g/mol. The summed E-state index contributed by atoms with van der Waals surface area (Å²) >= 11 is 1.66. The molecule has 4 heterocycles. The van der Waals surface area contributed by atoms with E-state index in [0.29, 0.717) is 19.6 Å². The number of aromatic nitrogens is 2. The molecule has 1 N–H and O–H groups in total. The number of hydrogen-bond donors (Lipinski definition) is 1. The van der Waals surface area contributed by atoms with Crippen molar-refractivity contribution >= 4 is 40.3 Å². The van der Waals surface area contributed by atoms with Crippen molar-refractivity contribution in [3.8, 4) is 0 Å². The number of carbonyl (C=O) groups is 2. The zero-order valence-electron chi connectivity index (χ0n) is 25.8. The SMILES string of the molecule is CC(C)(C)CCN1C(=O)C(CC(=O)N2CCC(n3c(=O)[nH]c4ccccc43)CC2)SC1c1ccccc1N1CCCCC1.[HH]. The number of nitrogens with zero attached hydrogens (tertiary/aromatic N) is 4. The molecule has 3 aliphatic heterocycles. The summed E-state index contributed by atoms with van der Waals surface area (Å²) in [7, 11) is 0. The predicted octanol–water partition coefficient (Wildman–Crippen LogP) is 6.20. The van der Waals surface area contributed by atoms with Crippen LogP contribution in [0.4, 0.5) is 5.69 Å². The fraction of sp³-hybridized carbons (Fsp3) is 0.559. The largest absolute Gasteiger partial charge is 0.371 e. The molecule has 0 bridgehead atoms. The van der Waals surface area contributed by atoms with Gasteiger partial charge in [0.1, 0.15) is 5.37 Å². The van der Waals surface area contributed by atoms with Crippen molar-refractivity contribution in [2.75, 3.05) is 37.6 Å². The minimum Gasteiger partial charge on any atom is -0.371 e. The molecule has 2 amide bonds. The standard InChI is InChI=1S/C34H45N5O3S.H2/c1-34(2,3)17-22-38-31(41)29(43-32(38)25-11-5-7-13-27(25)36-18-9-4-10-19-36)23-30(40)37-20-15-24(16-21-37)39-28-14-8-6-12-26(28)35-33(39)42;/h5-8,11-14,24,29,32H,4,9-10,15-23H2,1-3H3,(H,35,42);1H. The molecule has 9 heteroatoms. The number of thioether (sulfide) groups is 1. The minimum atomic E-state index is -0.388. The number of amides is 2. The first kappa shape index (κ1) is 29.9. The van der Waals surface area contributed by atoms with Gasteiger partial charge in [-0.3, -0.25) is 14.2 Å². The van der Waals surface area contributed by atoms with Crippen molar-refractivity contribution < 1.29 is 11.0 Å². The summed E-state index contributed by atoms with van der Waals surface area (Å²) in [5.41, 5.74) is 4.19. The minimum absolute atomic E-state index is 0. The molecular formula is C34H47N5O3S. The molecule has 0 spiro atoms. The normalized spacial score (nSPS) is 22.1. The summed E-state index contributed by atoms with van der Waals surface area (Å²) in [5.74, 6) is 0.123. The van der Waals surface area contributed by atoms with Gasteiger partial charge >= 0.3 is 5.69 Å². The number of rotatable bonds is 7. The summed E-state index contributed by atoms with van der Waals surface area (Å²) < 4.78 is 1.85. The van der Waals surface area contributed by atoms with Crippen molar-refractivity contribution in [3.63, 3.8) is 0 Å². The highest BCUT2D eigenvalue weighted by molar-refractivity contribution is 8.01. The van der Waals surface area contributed by atoms with Gasteiger partial charge in [0.05, 0.1) is 16.3 Å². The third-order valence-corrected chi connectivity index (χ3v) is 10.8. The van der Waals surface area contributed by atoms with Crippen molar-refractivity contribution in [2.45, 2.75) is 82.4 Å². The van der Waals surface area contributed by atoms with Gasteiger partial charge in [0.25, 0.3) is 0 Å². The molecule has 0 aliphatic carbocycles. The quantitative estimate of drug-likeness (QED) is 0.347. The molecule has 1 aromatic heterocycles. The zero-order chi connectivity index (χ0) is 30.1. The number of likely N-dealkylation sites (tertiary alicyclic amines) is 1. The van der Waals surface area contributed by atoms with Gasteiger partial charge in [-0.2, -0.15) is 0 Å². The molecule has 3 saturated heterocycles. The summed E-state index contributed by atoms with van der Waals surface area (Å²) in [6.07, 6.45) is 6.24. The molecule has 3 fully saturated rings. The number of anilines is 1. The van der Waals surface area contributed by atoms with Crippen LogP contribution < -0.4 is 10.6 Å². The first-order valence-corrected chi connectivity index (χ1v) is 16.9. The van der Waals surface area contributed by atoms with Crippen LogP contribution in [0.15, 0.2) is 53.3 Å². The molecule has 3 aliphatic rings. The topological polar surface area (TPSA) is 81.6 Å². The fourth-order valence-corrected chi connectivity index (χ4v) is 8.37. The van der Waals surface area contributed by atoms with E-state index in [0.717, 1.165) is 43.4 Å². The highest BCUT2D eigenvalue weighted by Gasteiger charge is 2.44. The third-order valence-electron chi connectivity index (χ3n) is 9.30. The Balaban J connectivity index is 0.00000384. The molecule has 2 atom stereocenters. The summed E-state index contributed by atoms with van der Waals surface area (Å²) in [4.78, 5) is 49.7. The molecule has 6 rings (SSSR count). The van der Waals surface area contributed by atoms with E-state index in [1.807, 2.05) is 38.6 Å². The lowest BCUT2D eigenvalue weighted by molar-refractivity contribution is -0.136. The van der Waals surface area contributed by atoms with E-state index < -0.39 is 0 Å². The number of imidazole rings is 1. The molecule has 0 radical (unpaired) electrons. The highest BCUT2D eigenvalue weighted by Crippen LogP contribution is 2.48. The van der Waals surface area contributed by atoms with E-state index in [-0.39, 0.29) is 47.4 Å². The number of benzene rings is 2. The van der Waals surface area contributed by atoms with Crippen molar-refractivity contribution in [1.82, 2.24) is 19.4 Å². The highest BCUT2D eigenvalue weighted by atomic mass is 32.2. The van der Waals surface area contributed by atoms with Gasteiger partial charge in [0.15, 0.2) is 0 Å². The van der Waals surface area contributed by atoms with Crippen LogP contribution in [0.5, 0.6) is 0 Å². The number of fused-ring (bicyclic) bond motifs is 1. The number of para-hydroxylation sites is 3. The van der Waals surface area contributed by atoms with E-state index in [1.165, 1.54) is 30.5 Å². The molecule has 0 saturated carbocycles. The van der Waals surface area contributed by atoms with Crippen LogP contribution in [0.3, 0.4) is 0 Å². The van der Waals surface area contributed by atoms with E-state index in [1.54, 1.807) is 11.8 Å². The third kappa shape index (κ3) is 6.37. The lowest BCUT2D eigenvalue weighted by atomic mass is 9.92. The van der Waals surface area contributed by atoms with Crippen LogP contribution >= 0.6 is 11.8 Å². The number of piperidine rings is 2. The Kier molecular flexibility index (Phi) is 8.63. The van der Waals surface area contributed by atoms with Gasteiger partial charge < -0.3 is 19.7 Å². The van der Waals surface area contributed by atoms with Crippen molar-refractivity contribution in [3.05, 3.63) is 64.6 Å². The van der Waals surface area contributed by atoms with Gasteiger partial charge in [0.2, 0.25) is 11.8 Å². The van der Waals surface area contributed by atoms with Gasteiger partial charge in [-0.15, -0.1) is 11.8 Å². The molecule has 2 aromatic carbocycles. The summed E-state index contributed by atoms with van der Waals surface area (Å²) in [6, 6.07) is 16.4. The molecular weight excluding hydrogens is 558 g/mol. The Morgan fingerprint density at radius 3 is 2.40 bits per heavy atom. The van der Waals surface area contributed by atoms with Gasteiger partial charge in [-0.1, -0.05) is 51.1 Å². The first-order valence-electron chi connectivity index (χ1n) is 16.0. The van der Waals surface area contributed by atoms with Gasteiger partial charge in [-0.25, -0.2) is 4.79 Å². The maximum atomic E-state index is 14.0. The van der Waals surface area contributed by atoms with Crippen LogP contribution in [0.2, 0.25) is 0 Å². The predicted molar refractivity (Wildman–Crippen MR) is 177 cm³/mol. The van der Waals surface area contributed by atoms with Crippen LogP contribution in [-0.4, -0.2) is 69.1 Å². The maximum absolute atomic E-state index is 14.0.